The molecular formula is C22H28ClN3O. The number of nitrogens with zero attached hydrogens (tertiary/aromatic N) is 3. The van der Waals surface area contributed by atoms with E-state index in [-0.39, 0.29) is 6.10 Å². The second-order valence-electron chi connectivity index (χ2n) is 7.33. The molecule has 1 aliphatic heterocycles. The first-order chi connectivity index (χ1) is 13.0. The summed E-state index contributed by atoms with van der Waals surface area (Å²) in [6.45, 7) is 10.5. The molecule has 0 amide bonds. The summed E-state index contributed by atoms with van der Waals surface area (Å²) in [5, 5.41) is 5.20. The SMILES string of the molecule is CCCN1C=C(n2cc(-c3ccc(O[C@@H](C)C(C)C)cc3Cl)cn2)C=CC1. The molecular weight excluding hydrogens is 358 g/mol. The van der Waals surface area contributed by atoms with E-state index in [9.17, 15) is 0 Å². The molecule has 27 heavy (non-hydrogen) atoms. The van der Waals surface area contributed by atoms with Crippen molar-refractivity contribution >= 4 is 17.3 Å². The predicted molar refractivity (Wildman–Crippen MR) is 113 cm³/mol. The highest BCUT2D eigenvalue weighted by Gasteiger charge is 2.13. The van der Waals surface area contributed by atoms with Gasteiger partial charge < -0.3 is 9.64 Å². The highest BCUT2D eigenvalue weighted by atomic mass is 35.5. The van der Waals surface area contributed by atoms with Gasteiger partial charge in [-0.1, -0.05) is 38.4 Å². The van der Waals surface area contributed by atoms with Crippen molar-refractivity contribution in [3.05, 3.63) is 54.0 Å². The lowest BCUT2D eigenvalue weighted by atomic mass is 10.1. The van der Waals surface area contributed by atoms with E-state index < -0.39 is 0 Å². The van der Waals surface area contributed by atoms with Crippen molar-refractivity contribution in [2.24, 2.45) is 5.92 Å². The van der Waals surface area contributed by atoms with Gasteiger partial charge in [0.25, 0.3) is 0 Å². The maximum absolute atomic E-state index is 6.53. The molecule has 0 unspecified atom stereocenters. The summed E-state index contributed by atoms with van der Waals surface area (Å²) in [5.41, 5.74) is 3.01. The Morgan fingerprint density at radius 2 is 2.07 bits per heavy atom. The zero-order valence-electron chi connectivity index (χ0n) is 16.5. The van der Waals surface area contributed by atoms with E-state index in [0.29, 0.717) is 10.9 Å². The van der Waals surface area contributed by atoms with Crippen molar-refractivity contribution in [3.8, 4) is 16.9 Å². The maximum atomic E-state index is 6.53. The zero-order valence-corrected chi connectivity index (χ0v) is 17.3. The van der Waals surface area contributed by atoms with Gasteiger partial charge in [0.05, 0.1) is 23.0 Å². The van der Waals surface area contributed by atoms with E-state index in [4.69, 9.17) is 16.3 Å². The standard InChI is InChI=1S/C22H28ClN3O/c1-5-10-25-11-6-7-19(15-25)26-14-18(13-24-26)21-9-8-20(12-22(21)23)27-17(4)16(2)3/h6-9,12-17H,5,10-11H2,1-4H3/t17-/m0/s1. The molecule has 0 N–H and O–H groups in total. The topological polar surface area (TPSA) is 30.3 Å². The molecule has 0 bridgehead atoms. The Morgan fingerprint density at radius 3 is 2.78 bits per heavy atom. The Morgan fingerprint density at radius 1 is 1.26 bits per heavy atom. The zero-order chi connectivity index (χ0) is 19.4. The van der Waals surface area contributed by atoms with Crippen LogP contribution in [-0.2, 0) is 0 Å². The van der Waals surface area contributed by atoms with Crippen molar-refractivity contribution in [2.45, 2.75) is 40.2 Å². The van der Waals surface area contributed by atoms with E-state index in [1.807, 2.05) is 35.3 Å². The van der Waals surface area contributed by atoms with Crippen LogP contribution in [0.3, 0.4) is 0 Å². The monoisotopic (exact) mass is 385 g/mol. The lowest BCUT2D eigenvalue weighted by Crippen LogP contribution is -2.21. The Balaban J connectivity index is 1.79. The number of hydrogen-bond acceptors (Lipinski definition) is 3. The van der Waals surface area contributed by atoms with Crippen molar-refractivity contribution in [2.75, 3.05) is 13.1 Å². The first-order valence-electron chi connectivity index (χ1n) is 9.62. The number of halogens is 1. The average molecular weight is 386 g/mol. The molecule has 4 nitrogen and oxygen atoms in total. The van der Waals surface area contributed by atoms with Gasteiger partial charge in [0, 0.05) is 36.6 Å². The Hall–Kier alpha value is -2.20. The third-order valence-electron chi connectivity index (χ3n) is 4.81. The predicted octanol–water partition coefficient (Wildman–Crippen LogP) is 5.71. The van der Waals surface area contributed by atoms with E-state index in [1.54, 1.807) is 0 Å². The number of ether oxygens (including phenoxy) is 1. The van der Waals surface area contributed by atoms with Gasteiger partial charge in [-0.25, -0.2) is 4.68 Å². The molecule has 0 radical (unpaired) electrons. The van der Waals surface area contributed by atoms with Gasteiger partial charge in [0.2, 0.25) is 0 Å². The van der Waals surface area contributed by atoms with Crippen LogP contribution in [0.4, 0.5) is 0 Å². The molecule has 2 heterocycles. The molecule has 1 atom stereocenters. The molecule has 0 saturated heterocycles. The van der Waals surface area contributed by atoms with E-state index >= 15 is 0 Å². The molecule has 144 valence electrons. The Labute approximate surface area is 167 Å². The van der Waals surface area contributed by atoms with Gasteiger partial charge in [-0.2, -0.15) is 5.10 Å². The summed E-state index contributed by atoms with van der Waals surface area (Å²) < 4.78 is 7.85. The van der Waals surface area contributed by atoms with Gasteiger partial charge >= 0.3 is 0 Å². The molecule has 0 spiro atoms. The van der Waals surface area contributed by atoms with Crippen LogP contribution in [0, 0.1) is 5.92 Å². The van der Waals surface area contributed by atoms with Crippen molar-refractivity contribution in [1.29, 1.82) is 0 Å². The Kier molecular flexibility index (Phi) is 6.27. The van der Waals surface area contributed by atoms with Crippen LogP contribution in [-0.4, -0.2) is 33.9 Å². The minimum absolute atomic E-state index is 0.144. The summed E-state index contributed by atoms with van der Waals surface area (Å²) >= 11 is 6.53. The number of rotatable bonds is 7. The smallest absolute Gasteiger partial charge is 0.121 e. The van der Waals surface area contributed by atoms with Gasteiger partial charge in [0.15, 0.2) is 0 Å². The van der Waals surface area contributed by atoms with E-state index in [2.05, 4.69) is 56.0 Å². The van der Waals surface area contributed by atoms with Gasteiger partial charge in [-0.05, 0) is 43.5 Å². The van der Waals surface area contributed by atoms with E-state index in [1.165, 1.54) is 0 Å². The summed E-state index contributed by atoms with van der Waals surface area (Å²) in [6, 6.07) is 5.86. The lowest BCUT2D eigenvalue weighted by molar-refractivity contribution is 0.170. The highest BCUT2D eigenvalue weighted by Crippen LogP contribution is 2.32. The normalized spacial score (nSPS) is 15.2. The molecule has 1 aromatic heterocycles. The first-order valence-corrected chi connectivity index (χ1v) is 9.99. The quantitative estimate of drug-likeness (QED) is 0.611. The summed E-state index contributed by atoms with van der Waals surface area (Å²) in [5.74, 6) is 1.25. The molecule has 1 aliphatic rings. The fourth-order valence-corrected chi connectivity index (χ4v) is 3.21. The summed E-state index contributed by atoms with van der Waals surface area (Å²) in [6.07, 6.45) is 11.6. The molecule has 2 aromatic rings. The van der Waals surface area contributed by atoms with Crippen LogP contribution in [0.5, 0.6) is 5.75 Å². The van der Waals surface area contributed by atoms with Crippen molar-refractivity contribution in [1.82, 2.24) is 14.7 Å². The second-order valence-corrected chi connectivity index (χ2v) is 7.74. The summed E-state index contributed by atoms with van der Waals surface area (Å²) in [7, 11) is 0. The fourth-order valence-electron chi connectivity index (χ4n) is 2.93. The number of benzene rings is 1. The molecule has 5 heteroatoms. The van der Waals surface area contributed by atoms with Crippen molar-refractivity contribution in [3.63, 3.8) is 0 Å². The van der Waals surface area contributed by atoms with Crippen LogP contribution in [0.2, 0.25) is 5.02 Å². The van der Waals surface area contributed by atoms with Crippen LogP contribution in [0.1, 0.15) is 34.1 Å². The van der Waals surface area contributed by atoms with Gasteiger partial charge in [-0.3, -0.25) is 0 Å². The van der Waals surface area contributed by atoms with Gasteiger partial charge in [-0.15, -0.1) is 0 Å². The largest absolute Gasteiger partial charge is 0.490 e. The maximum Gasteiger partial charge on any atom is 0.121 e. The van der Waals surface area contributed by atoms with Crippen LogP contribution in [0.15, 0.2) is 48.9 Å². The minimum atomic E-state index is 0.144. The number of allylic oxidation sites excluding steroid dienone is 2. The number of hydrogen-bond donors (Lipinski definition) is 0. The van der Waals surface area contributed by atoms with Crippen LogP contribution < -0.4 is 4.74 Å². The molecule has 0 saturated carbocycles. The average Bonchev–Trinajstić information content (AvgIpc) is 3.12. The van der Waals surface area contributed by atoms with Gasteiger partial charge in [0.1, 0.15) is 5.75 Å². The Bertz CT molecular complexity index is 838. The third-order valence-corrected chi connectivity index (χ3v) is 5.13. The molecule has 3 rings (SSSR count). The minimum Gasteiger partial charge on any atom is -0.490 e. The molecule has 0 aliphatic carbocycles. The highest BCUT2D eigenvalue weighted by molar-refractivity contribution is 6.33. The van der Waals surface area contributed by atoms with Crippen LogP contribution in [0.25, 0.3) is 16.8 Å². The third kappa shape index (κ3) is 4.75. The van der Waals surface area contributed by atoms with E-state index in [0.717, 1.165) is 42.1 Å². The number of aromatic nitrogens is 2. The molecule has 0 fully saturated rings. The lowest BCUT2D eigenvalue weighted by Gasteiger charge is -2.22. The second kappa shape index (κ2) is 8.66. The first kappa shape index (κ1) is 19.6. The van der Waals surface area contributed by atoms with Crippen molar-refractivity contribution < 1.29 is 4.74 Å². The molecule has 1 aromatic carbocycles. The fraction of sp³-hybridized carbons (Fsp3) is 0.409. The summed E-state index contributed by atoms with van der Waals surface area (Å²) in [4.78, 5) is 2.30. The van der Waals surface area contributed by atoms with Crippen LogP contribution >= 0.6 is 11.6 Å².